The average Bonchev–Trinajstić information content (AvgIpc) is 3.12. The number of hydrogen-bond donors (Lipinski definition) is 2. The van der Waals surface area contributed by atoms with Crippen LogP contribution in [0.1, 0.15) is 47.2 Å². The topological polar surface area (TPSA) is 75.6 Å². The van der Waals surface area contributed by atoms with E-state index >= 15 is 0 Å². The minimum Gasteiger partial charge on any atom is -0.478 e. The van der Waals surface area contributed by atoms with Gasteiger partial charge >= 0.3 is 5.97 Å². The fourth-order valence-electron chi connectivity index (χ4n) is 1.95. The van der Waals surface area contributed by atoms with Crippen molar-refractivity contribution >= 4 is 11.9 Å². The number of hydroxylamine groups is 1. The highest BCUT2D eigenvalue weighted by Crippen LogP contribution is 2.42. The summed E-state index contributed by atoms with van der Waals surface area (Å²) in [4.78, 5) is 26.9. The molecule has 1 amide bonds. The van der Waals surface area contributed by atoms with Crippen LogP contribution in [-0.2, 0) is 16.2 Å². The van der Waals surface area contributed by atoms with Crippen molar-refractivity contribution < 1.29 is 19.5 Å². The largest absolute Gasteiger partial charge is 0.478 e. The van der Waals surface area contributed by atoms with Gasteiger partial charge in [0.15, 0.2) is 0 Å². The molecule has 1 aromatic rings. The van der Waals surface area contributed by atoms with Gasteiger partial charge in [-0.05, 0) is 36.0 Å². The van der Waals surface area contributed by atoms with E-state index in [-0.39, 0.29) is 18.1 Å². The van der Waals surface area contributed by atoms with Crippen LogP contribution >= 0.6 is 0 Å². The lowest BCUT2D eigenvalue weighted by Crippen LogP contribution is -2.21. The second-order valence-corrected chi connectivity index (χ2v) is 4.40. The highest BCUT2D eigenvalue weighted by molar-refractivity contribution is 5.89. The second-order valence-electron chi connectivity index (χ2n) is 4.40. The molecule has 0 aromatic heterocycles. The Hall–Kier alpha value is -1.88. The molecule has 0 saturated heterocycles. The maximum atomic E-state index is 11.2. The molecule has 0 spiro atoms. The van der Waals surface area contributed by atoms with E-state index in [9.17, 15) is 9.59 Å². The Morgan fingerprint density at radius 1 is 1.44 bits per heavy atom. The highest BCUT2D eigenvalue weighted by Gasteiger charge is 2.28. The summed E-state index contributed by atoms with van der Waals surface area (Å²) in [5.74, 6) is -0.852. The molecule has 2 rings (SSSR count). The van der Waals surface area contributed by atoms with Gasteiger partial charge in [-0.25, -0.2) is 10.3 Å². The first-order chi connectivity index (χ1) is 8.59. The van der Waals surface area contributed by atoms with Crippen LogP contribution in [0.25, 0.3) is 0 Å². The third-order valence-corrected chi connectivity index (χ3v) is 2.89. The predicted octanol–water partition coefficient (Wildman–Crippen LogP) is 1.83. The lowest BCUT2D eigenvalue weighted by molar-refractivity contribution is -0.132. The molecule has 5 nitrogen and oxygen atoms in total. The lowest BCUT2D eigenvalue weighted by Gasteiger charge is -2.12. The van der Waals surface area contributed by atoms with Gasteiger partial charge in [0.05, 0.1) is 5.56 Å². The molecule has 2 N–H and O–H groups in total. The van der Waals surface area contributed by atoms with Crippen molar-refractivity contribution in [2.24, 2.45) is 0 Å². The first kappa shape index (κ1) is 12.6. The molecule has 0 heterocycles. The summed E-state index contributed by atoms with van der Waals surface area (Å²) in [5, 5.41) is 9.16. The van der Waals surface area contributed by atoms with Crippen molar-refractivity contribution in [2.75, 3.05) is 0 Å². The number of aromatic carboxylic acids is 1. The number of carbonyl (C=O) groups is 2. The summed E-state index contributed by atoms with van der Waals surface area (Å²) < 4.78 is 0. The number of benzene rings is 1. The number of amides is 1. The van der Waals surface area contributed by atoms with E-state index in [4.69, 9.17) is 9.94 Å². The smallest absolute Gasteiger partial charge is 0.336 e. The standard InChI is InChI=1S/C13H15NO4/c1-8(15)14-18-7-12-10(9-5-6-9)3-2-4-11(12)13(16)17/h2-4,9H,5-7H2,1H3,(H,14,15)(H,16,17). The van der Waals surface area contributed by atoms with E-state index in [1.807, 2.05) is 6.07 Å². The van der Waals surface area contributed by atoms with E-state index in [0.29, 0.717) is 11.5 Å². The Morgan fingerprint density at radius 2 is 2.17 bits per heavy atom. The van der Waals surface area contributed by atoms with Gasteiger partial charge in [0.1, 0.15) is 6.61 Å². The van der Waals surface area contributed by atoms with Crippen molar-refractivity contribution in [1.82, 2.24) is 5.48 Å². The molecular formula is C13H15NO4. The van der Waals surface area contributed by atoms with Crippen molar-refractivity contribution in [2.45, 2.75) is 32.3 Å². The van der Waals surface area contributed by atoms with E-state index in [0.717, 1.165) is 18.4 Å². The first-order valence-electron chi connectivity index (χ1n) is 5.83. The molecule has 96 valence electrons. The molecular weight excluding hydrogens is 234 g/mol. The molecule has 0 aliphatic heterocycles. The van der Waals surface area contributed by atoms with E-state index in [2.05, 4.69) is 5.48 Å². The van der Waals surface area contributed by atoms with Gasteiger partial charge in [-0.2, -0.15) is 0 Å². The van der Waals surface area contributed by atoms with Gasteiger partial charge in [0, 0.05) is 6.92 Å². The molecule has 1 aliphatic rings. The molecule has 1 saturated carbocycles. The molecule has 18 heavy (non-hydrogen) atoms. The SMILES string of the molecule is CC(=O)NOCc1c(C(=O)O)cccc1C1CC1. The van der Waals surface area contributed by atoms with Gasteiger partial charge in [-0.3, -0.25) is 9.63 Å². The van der Waals surface area contributed by atoms with Crippen molar-refractivity contribution in [3.05, 3.63) is 34.9 Å². The van der Waals surface area contributed by atoms with E-state index in [1.165, 1.54) is 6.92 Å². The van der Waals surface area contributed by atoms with E-state index in [1.54, 1.807) is 12.1 Å². The third kappa shape index (κ3) is 2.87. The minimum atomic E-state index is -0.973. The summed E-state index contributed by atoms with van der Waals surface area (Å²) in [6.07, 6.45) is 2.16. The number of carboxylic acids is 1. The summed E-state index contributed by atoms with van der Waals surface area (Å²) in [6, 6.07) is 5.23. The molecule has 5 heteroatoms. The summed E-state index contributed by atoms with van der Waals surface area (Å²) in [6.45, 7) is 1.42. The number of hydrogen-bond acceptors (Lipinski definition) is 3. The van der Waals surface area contributed by atoms with Crippen molar-refractivity contribution in [3.8, 4) is 0 Å². The normalized spacial score (nSPS) is 14.3. The summed E-state index contributed by atoms with van der Waals surface area (Å²) in [5.41, 5.74) is 4.12. The van der Waals surface area contributed by atoms with Crippen LogP contribution in [-0.4, -0.2) is 17.0 Å². The summed E-state index contributed by atoms with van der Waals surface area (Å²) >= 11 is 0. The van der Waals surface area contributed by atoms with E-state index < -0.39 is 5.97 Å². The Bertz CT molecular complexity index is 480. The molecule has 0 bridgehead atoms. The van der Waals surface area contributed by atoms with Crippen LogP contribution < -0.4 is 5.48 Å². The highest BCUT2D eigenvalue weighted by atomic mass is 16.6. The molecule has 1 aliphatic carbocycles. The third-order valence-electron chi connectivity index (χ3n) is 2.89. The first-order valence-corrected chi connectivity index (χ1v) is 5.83. The molecule has 1 fully saturated rings. The number of nitrogens with one attached hydrogen (secondary N) is 1. The fraction of sp³-hybridized carbons (Fsp3) is 0.385. The lowest BCUT2D eigenvalue weighted by atomic mass is 9.98. The maximum Gasteiger partial charge on any atom is 0.336 e. The maximum absolute atomic E-state index is 11.2. The second kappa shape index (κ2) is 5.18. The zero-order valence-electron chi connectivity index (χ0n) is 10.1. The quantitative estimate of drug-likeness (QED) is 0.780. The predicted molar refractivity (Wildman–Crippen MR) is 64.0 cm³/mol. The Kier molecular flexibility index (Phi) is 3.62. The average molecular weight is 249 g/mol. The molecule has 0 radical (unpaired) electrons. The Labute approximate surface area is 105 Å². The van der Waals surface area contributed by atoms with Crippen LogP contribution in [0.5, 0.6) is 0 Å². The van der Waals surface area contributed by atoms with Gasteiger partial charge < -0.3 is 5.11 Å². The van der Waals surface area contributed by atoms with Crippen LogP contribution in [0, 0.1) is 0 Å². The summed E-state index contributed by atoms with van der Waals surface area (Å²) in [7, 11) is 0. The van der Waals surface area contributed by atoms with Gasteiger partial charge in [0.2, 0.25) is 5.91 Å². The fourth-order valence-corrected chi connectivity index (χ4v) is 1.95. The molecule has 0 atom stereocenters. The van der Waals surface area contributed by atoms with Crippen molar-refractivity contribution in [1.29, 1.82) is 0 Å². The van der Waals surface area contributed by atoms with Crippen LogP contribution in [0.4, 0.5) is 0 Å². The van der Waals surface area contributed by atoms with Gasteiger partial charge in [0.25, 0.3) is 0 Å². The number of carboxylic acid groups (broad SMARTS) is 1. The zero-order chi connectivity index (χ0) is 13.1. The van der Waals surface area contributed by atoms with Crippen molar-refractivity contribution in [3.63, 3.8) is 0 Å². The molecule has 1 aromatic carbocycles. The molecule has 0 unspecified atom stereocenters. The number of carbonyl (C=O) groups excluding carboxylic acids is 1. The minimum absolute atomic E-state index is 0.0773. The monoisotopic (exact) mass is 249 g/mol. The van der Waals surface area contributed by atoms with Gasteiger partial charge in [-0.15, -0.1) is 0 Å². The Morgan fingerprint density at radius 3 is 2.72 bits per heavy atom. The number of rotatable bonds is 5. The zero-order valence-corrected chi connectivity index (χ0v) is 10.1. The van der Waals surface area contributed by atoms with Crippen LogP contribution in [0.3, 0.4) is 0 Å². The van der Waals surface area contributed by atoms with Crippen LogP contribution in [0.2, 0.25) is 0 Å². The van der Waals surface area contributed by atoms with Gasteiger partial charge in [-0.1, -0.05) is 12.1 Å². The van der Waals surface area contributed by atoms with Crippen LogP contribution in [0.15, 0.2) is 18.2 Å². The Balaban J connectivity index is 2.22.